The van der Waals surface area contributed by atoms with Gasteiger partial charge in [-0.15, -0.1) is 0 Å². The summed E-state index contributed by atoms with van der Waals surface area (Å²) in [6.45, 7) is 2.32. The highest BCUT2D eigenvalue weighted by atomic mass is 16.4. The second-order valence-corrected chi connectivity index (χ2v) is 7.62. The predicted molar refractivity (Wildman–Crippen MR) is 115 cm³/mol. The van der Waals surface area contributed by atoms with Gasteiger partial charge in [0.05, 0.1) is 11.6 Å². The van der Waals surface area contributed by atoms with Gasteiger partial charge in [0.2, 0.25) is 0 Å². The van der Waals surface area contributed by atoms with E-state index in [2.05, 4.69) is 6.07 Å². The van der Waals surface area contributed by atoms with E-state index in [1.165, 1.54) is 6.07 Å². The van der Waals surface area contributed by atoms with E-state index in [4.69, 9.17) is 16.1 Å². The highest BCUT2D eigenvalue weighted by molar-refractivity contribution is 5.99. The first-order valence-corrected chi connectivity index (χ1v) is 9.99. The molecule has 0 aromatic heterocycles. The molecule has 8 nitrogen and oxygen atoms in total. The molecule has 8 heteroatoms. The fourth-order valence-electron chi connectivity index (χ4n) is 3.88. The second kappa shape index (κ2) is 9.30. The molecule has 31 heavy (non-hydrogen) atoms. The van der Waals surface area contributed by atoms with Crippen molar-refractivity contribution in [3.63, 3.8) is 0 Å². The molecule has 160 valence electrons. The van der Waals surface area contributed by atoms with E-state index >= 15 is 0 Å². The lowest BCUT2D eigenvalue weighted by Crippen LogP contribution is -2.40. The number of piperidine rings is 1. The van der Waals surface area contributed by atoms with Crippen LogP contribution < -0.4 is 10.6 Å². The third-order valence-electron chi connectivity index (χ3n) is 5.60. The summed E-state index contributed by atoms with van der Waals surface area (Å²) in [5.41, 5.74) is 8.49. The number of amides is 3. The summed E-state index contributed by atoms with van der Waals surface area (Å²) in [5.74, 6) is -1.04. The zero-order valence-corrected chi connectivity index (χ0v) is 17.2. The van der Waals surface area contributed by atoms with Crippen LogP contribution in [0, 0.1) is 18.3 Å². The highest BCUT2D eigenvalue weighted by Gasteiger charge is 2.26. The van der Waals surface area contributed by atoms with Crippen molar-refractivity contribution in [2.24, 2.45) is 5.73 Å². The second-order valence-electron chi connectivity index (χ2n) is 7.62. The Bertz CT molecular complexity index is 1030. The topological polar surface area (TPSA) is 128 Å². The van der Waals surface area contributed by atoms with Crippen LogP contribution in [0.5, 0.6) is 0 Å². The number of aryl methyl sites for hydroxylation is 1. The van der Waals surface area contributed by atoms with Gasteiger partial charge in [0.1, 0.15) is 6.54 Å². The molecule has 0 saturated carbocycles. The lowest BCUT2D eigenvalue weighted by molar-refractivity contribution is -0.135. The van der Waals surface area contributed by atoms with Gasteiger partial charge in [-0.1, -0.05) is 18.2 Å². The van der Waals surface area contributed by atoms with E-state index in [-0.39, 0.29) is 5.91 Å². The van der Waals surface area contributed by atoms with Gasteiger partial charge in [0.25, 0.3) is 5.91 Å². The van der Waals surface area contributed by atoms with Gasteiger partial charge in [-0.05, 0) is 61.1 Å². The molecule has 1 aliphatic heterocycles. The lowest BCUT2D eigenvalue weighted by atomic mass is 9.89. The molecule has 2 aromatic rings. The summed E-state index contributed by atoms with van der Waals surface area (Å²) >= 11 is 0. The lowest BCUT2D eigenvalue weighted by Gasteiger charge is -2.32. The number of carbonyl (C=O) groups is 3. The largest absolute Gasteiger partial charge is 0.480 e. The van der Waals surface area contributed by atoms with Crippen molar-refractivity contribution < 1.29 is 19.5 Å². The molecule has 0 atom stereocenters. The highest BCUT2D eigenvalue weighted by Crippen LogP contribution is 2.29. The molecule has 1 saturated heterocycles. The van der Waals surface area contributed by atoms with Gasteiger partial charge in [0, 0.05) is 24.3 Å². The number of nitriles is 1. The van der Waals surface area contributed by atoms with Crippen LogP contribution in [0.2, 0.25) is 0 Å². The minimum Gasteiger partial charge on any atom is -0.480 e. The Labute approximate surface area is 180 Å². The molecule has 0 aliphatic carbocycles. The van der Waals surface area contributed by atoms with Gasteiger partial charge in [-0.3, -0.25) is 14.5 Å². The number of hydrogen-bond acceptors (Lipinski definition) is 4. The number of nitrogens with two attached hydrogens (primary N) is 1. The summed E-state index contributed by atoms with van der Waals surface area (Å²) in [5, 5.41) is 18.0. The Kier molecular flexibility index (Phi) is 6.55. The third kappa shape index (κ3) is 5.01. The van der Waals surface area contributed by atoms with E-state index in [1.54, 1.807) is 24.0 Å². The van der Waals surface area contributed by atoms with Crippen molar-refractivity contribution in [3.8, 4) is 6.07 Å². The van der Waals surface area contributed by atoms with E-state index in [9.17, 15) is 14.4 Å². The van der Waals surface area contributed by atoms with Crippen molar-refractivity contribution in [1.82, 2.24) is 4.90 Å². The average Bonchev–Trinajstić information content (AvgIpc) is 2.77. The monoisotopic (exact) mass is 420 g/mol. The number of hydrogen-bond donors (Lipinski definition) is 2. The molecule has 3 N–H and O–H groups in total. The van der Waals surface area contributed by atoms with Crippen LogP contribution in [0.15, 0.2) is 42.5 Å². The summed E-state index contributed by atoms with van der Waals surface area (Å²) in [6.07, 6.45) is 1.62. The number of carboxylic acids is 1. The number of primary amides is 1. The third-order valence-corrected chi connectivity index (χ3v) is 5.60. The van der Waals surface area contributed by atoms with Gasteiger partial charge in [0.15, 0.2) is 0 Å². The first kappa shape index (κ1) is 21.8. The van der Waals surface area contributed by atoms with Gasteiger partial charge in [-0.2, -0.15) is 5.26 Å². The minimum atomic E-state index is -1.19. The maximum absolute atomic E-state index is 13.0. The van der Waals surface area contributed by atoms with Crippen LogP contribution in [0.3, 0.4) is 0 Å². The molecular weight excluding hydrogens is 396 g/mol. The van der Waals surface area contributed by atoms with Crippen molar-refractivity contribution in [2.75, 3.05) is 24.5 Å². The number of carbonyl (C=O) groups excluding carboxylic acids is 2. The number of aliphatic carboxylic acids is 1. The molecule has 0 radical (unpaired) electrons. The van der Waals surface area contributed by atoms with E-state index in [0.717, 1.165) is 23.3 Å². The Morgan fingerprint density at radius 1 is 1.16 bits per heavy atom. The summed E-state index contributed by atoms with van der Waals surface area (Å²) < 4.78 is 0. The van der Waals surface area contributed by atoms with Crippen LogP contribution in [0.1, 0.15) is 45.8 Å². The van der Waals surface area contributed by atoms with Gasteiger partial charge >= 0.3 is 12.0 Å². The van der Waals surface area contributed by atoms with Crippen molar-refractivity contribution in [3.05, 3.63) is 64.7 Å². The summed E-state index contributed by atoms with van der Waals surface area (Å²) in [4.78, 5) is 38.6. The molecule has 3 rings (SSSR count). The number of rotatable bonds is 5. The number of likely N-dealkylation sites (tertiary alicyclic amines) is 1. The molecule has 0 bridgehead atoms. The fourth-order valence-corrected chi connectivity index (χ4v) is 3.88. The van der Waals surface area contributed by atoms with Crippen LogP contribution in [0.4, 0.5) is 10.5 Å². The molecule has 1 fully saturated rings. The zero-order valence-electron chi connectivity index (χ0n) is 17.2. The van der Waals surface area contributed by atoms with Crippen LogP contribution in [-0.2, 0) is 4.79 Å². The Hall–Kier alpha value is -3.86. The van der Waals surface area contributed by atoms with Crippen molar-refractivity contribution >= 4 is 23.6 Å². The Balaban J connectivity index is 1.72. The first-order valence-electron chi connectivity index (χ1n) is 9.99. The number of nitrogens with zero attached hydrogens (tertiary/aromatic N) is 3. The Morgan fingerprint density at radius 3 is 2.35 bits per heavy atom. The number of carboxylic acid groups (broad SMARTS) is 1. The van der Waals surface area contributed by atoms with E-state index < -0.39 is 18.5 Å². The smallest absolute Gasteiger partial charge is 0.323 e. The fraction of sp³-hybridized carbons (Fsp3) is 0.304. The van der Waals surface area contributed by atoms with Gasteiger partial charge < -0.3 is 15.7 Å². The zero-order chi connectivity index (χ0) is 22.5. The van der Waals surface area contributed by atoms with Crippen LogP contribution >= 0.6 is 0 Å². The quantitative estimate of drug-likeness (QED) is 0.769. The molecule has 3 amide bonds. The van der Waals surface area contributed by atoms with Crippen LogP contribution in [0.25, 0.3) is 0 Å². The normalized spacial score (nSPS) is 14.0. The standard InChI is InChI=1S/C23H24N4O4/c1-15-2-5-19(12-20(15)27(23(25)31)14-21(28)29)22(30)26-10-8-18(9-11-26)17-6-3-16(13-24)4-7-17/h2-7,12,18H,8-11,14H2,1H3,(H2,25,31)(H,28,29). The molecule has 0 spiro atoms. The Morgan fingerprint density at radius 2 is 1.81 bits per heavy atom. The average molecular weight is 420 g/mol. The maximum atomic E-state index is 13.0. The maximum Gasteiger partial charge on any atom is 0.323 e. The predicted octanol–water partition coefficient (Wildman–Crippen LogP) is 2.86. The molecular formula is C23H24N4O4. The van der Waals surface area contributed by atoms with Crippen LogP contribution in [-0.4, -0.2) is 47.5 Å². The molecule has 1 heterocycles. The SMILES string of the molecule is Cc1ccc(C(=O)N2CCC(c3ccc(C#N)cc3)CC2)cc1N(CC(=O)O)C(N)=O. The van der Waals surface area contributed by atoms with Gasteiger partial charge in [-0.25, -0.2) is 4.79 Å². The number of benzene rings is 2. The van der Waals surface area contributed by atoms with E-state index in [0.29, 0.717) is 41.4 Å². The summed E-state index contributed by atoms with van der Waals surface area (Å²) in [6, 6.07) is 13.7. The molecule has 2 aromatic carbocycles. The first-order chi connectivity index (χ1) is 14.8. The number of urea groups is 1. The van der Waals surface area contributed by atoms with Crippen molar-refractivity contribution in [2.45, 2.75) is 25.7 Å². The van der Waals surface area contributed by atoms with Crippen molar-refractivity contribution in [1.29, 1.82) is 5.26 Å². The molecule has 0 unspecified atom stereocenters. The van der Waals surface area contributed by atoms with E-state index in [1.807, 2.05) is 24.3 Å². The molecule has 1 aliphatic rings. The number of anilines is 1. The summed E-state index contributed by atoms with van der Waals surface area (Å²) in [7, 11) is 0. The minimum absolute atomic E-state index is 0.167.